The molecule has 27 heavy (non-hydrogen) atoms. The van der Waals surface area contributed by atoms with Crippen molar-refractivity contribution < 1.29 is 23.4 Å². The zero-order valence-electron chi connectivity index (χ0n) is 14.9. The largest absolute Gasteiger partial charge is 0.445 e. The van der Waals surface area contributed by atoms with Crippen molar-refractivity contribution in [3.8, 4) is 0 Å². The SMILES string of the molecule is CCOP(=O)(c1ccccc1)N1C[C@H](NC(=O)OCc2ccccc2)C1=O. The van der Waals surface area contributed by atoms with Crippen LogP contribution in [0.25, 0.3) is 0 Å². The molecule has 0 radical (unpaired) electrons. The van der Waals surface area contributed by atoms with Crippen LogP contribution in [0.15, 0.2) is 60.7 Å². The number of alkyl carbamates (subject to hydrolysis) is 1. The predicted octanol–water partition coefficient (Wildman–Crippen LogP) is 2.68. The Morgan fingerprint density at radius 1 is 1.15 bits per heavy atom. The lowest BCUT2D eigenvalue weighted by Gasteiger charge is -2.42. The Hall–Kier alpha value is -2.63. The molecule has 1 aliphatic rings. The molecule has 0 aromatic heterocycles. The maximum Gasteiger partial charge on any atom is 0.408 e. The number of nitrogens with zero attached hydrogens (tertiary/aromatic N) is 1. The van der Waals surface area contributed by atoms with E-state index in [1.165, 1.54) is 4.67 Å². The van der Waals surface area contributed by atoms with E-state index in [4.69, 9.17) is 9.26 Å². The molecule has 1 aliphatic heterocycles. The van der Waals surface area contributed by atoms with Gasteiger partial charge in [-0.15, -0.1) is 0 Å². The molecule has 7 nitrogen and oxygen atoms in total. The average Bonchev–Trinajstić information content (AvgIpc) is 2.70. The van der Waals surface area contributed by atoms with Crippen LogP contribution in [0.2, 0.25) is 0 Å². The number of β-lactam (4-membered cyclic amide) rings is 1. The van der Waals surface area contributed by atoms with Crippen LogP contribution in [0.1, 0.15) is 12.5 Å². The van der Waals surface area contributed by atoms with E-state index in [1.807, 2.05) is 30.3 Å². The highest BCUT2D eigenvalue weighted by atomic mass is 31.2. The fourth-order valence-electron chi connectivity index (χ4n) is 2.74. The molecular weight excluding hydrogens is 367 g/mol. The molecule has 2 amide bonds. The van der Waals surface area contributed by atoms with E-state index in [1.54, 1.807) is 37.3 Å². The molecule has 2 aromatic carbocycles. The lowest BCUT2D eigenvalue weighted by atomic mass is 10.2. The second-order valence-electron chi connectivity index (χ2n) is 5.95. The minimum Gasteiger partial charge on any atom is -0.445 e. The van der Waals surface area contributed by atoms with Gasteiger partial charge in [-0.3, -0.25) is 14.0 Å². The first-order chi connectivity index (χ1) is 13.0. The van der Waals surface area contributed by atoms with Crippen molar-refractivity contribution in [2.24, 2.45) is 0 Å². The second kappa shape index (κ2) is 8.37. The van der Waals surface area contributed by atoms with Gasteiger partial charge in [-0.1, -0.05) is 48.5 Å². The maximum absolute atomic E-state index is 13.3. The lowest BCUT2D eigenvalue weighted by molar-refractivity contribution is -0.137. The van der Waals surface area contributed by atoms with E-state index in [0.29, 0.717) is 5.30 Å². The summed E-state index contributed by atoms with van der Waals surface area (Å²) in [5.74, 6) is -0.452. The van der Waals surface area contributed by atoms with E-state index in [9.17, 15) is 14.2 Å². The summed E-state index contributed by atoms with van der Waals surface area (Å²) < 4.78 is 25.1. The Labute approximate surface area is 157 Å². The Balaban J connectivity index is 1.58. The average molecular weight is 388 g/mol. The van der Waals surface area contributed by atoms with Crippen molar-refractivity contribution in [1.82, 2.24) is 9.99 Å². The van der Waals surface area contributed by atoms with Crippen molar-refractivity contribution in [2.75, 3.05) is 13.2 Å². The fraction of sp³-hybridized carbons (Fsp3) is 0.263. The Morgan fingerprint density at radius 3 is 2.37 bits per heavy atom. The van der Waals surface area contributed by atoms with E-state index in [0.717, 1.165) is 5.56 Å². The van der Waals surface area contributed by atoms with Gasteiger partial charge in [0, 0.05) is 0 Å². The summed E-state index contributed by atoms with van der Waals surface area (Å²) in [6, 6.07) is 17.1. The summed E-state index contributed by atoms with van der Waals surface area (Å²) >= 11 is 0. The monoisotopic (exact) mass is 388 g/mol. The van der Waals surface area contributed by atoms with Crippen molar-refractivity contribution in [3.63, 3.8) is 0 Å². The predicted molar refractivity (Wildman–Crippen MR) is 101 cm³/mol. The minimum absolute atomic E-state index is 0.103. The highest BCUT2D eigenvalue weighted by molar-refractivity contribution is 7.65. The summed E-state index contributed by atoms with van der Waals surface area (Å²) in [5, 5.41) is 2.95. The summed E-state index contributed by atoms with van der Waals surface area (Å²) in [4.78, 5) is 24.4. The number of benzene rings is 2. The summed E-state index contributed by atoms with van der Waals surface area (Å²) in [7, 11) is -3.48. The van der Waals surface area contributed by atoms with Crippen LogP contribution in [0.4, 0.5) is 4.79 Å². The van der Waals surface area contributed by atoms with E-state index >= 15 is 0 Å². The molecule has 2 aromatic rings. The van der Waals surface area contributed by atoms with Gasteiger partial charge in [0.05, 0.1) is 18.5 Å². The highest BCUT2D eigenvalue weighted by Gasteiger charge is 2.49. The quantitative estimate of drug-likeness (QED) is 0.582. The minimum atomic E-state index is -3.48. The topological polar surface area (TPSA) is 84.9 Å². The van der Waals surface area contributed by atoms with Crippen LogP contribution in [0.5, 0.6) is 0 Å². The van der Waals surface area contributed by atoms with Gasteiger partial charge >= 0.3 is 13.6 Å². The van der Waals surface area contributed by atoms with Gasteiger partial charge in [0.15, 0.2) is 0 Å². The van der Waals surface area contributed by atoms with Gasteiger partial charge in [0.25, 0.3) is 5.91 Å². The molecule has 2 atom stereocenters. The van der Waals surface area contributed by atoms with Crippen molar-refractivity contribution in [1.29, 1.82) is 0 Å². The lowest BCUT2D eigenvalue weighted by Crippen LogP contribution is -2.63. The van der Waals surface area contributed by atoms with Gasteiger partial charge in [-0.05, 0) is 24.6 Å². The zero-order valence-corrected chi connectivity index (χ0v) is 15.8. The molecule has 0 spiro atoms. The van der Waals surface area contributed by atoms with E-state index in [-0.39, 0.29) is 19.8 Å². The van der Waals surface area contributed by atoms with Crippen LogP contribution < -0.4 is 10.6 Å². The molecule has 1 N–H and O–H groups in total. The number of nitrogens with one attached hydrogen (secondary N) is 1. The molecule has 3 rings (SSSR count). The van der Waals surface area contributed by atoms with Crippen LogP contribution in [0.3, 0.4) is 0 Å². The Bertz CT molecular complexity index is 844. The van der Waals surface area contributed by atoms with Crippen molar-refractivity contribution in [2.45, 2.75) is 19.6 Å². The fourth-order valence-corrected chi connectivity index (χ4v) is 4.98. The number of carbonyl (C=O) groups excluding carboxylic acids is 2. The van der Waals surface area contributed by atoms with E-state index < -0.39 is 25.6 Å². The van der Waals surface area contributed by atoms with Crippen LogP contribution >= 0.6 is 7.52 Å². The van der Waals surface area contributed by atoms with Gasteiger partial charge in [0.2, 0.25) is 0 Å². The van der Waals surface area contributed by atoms with Crippen molar-refractivity contribution >= 4 is 24.8 Å². The molecule has 1 unspecified atom stereocenters. The normalized spacial score (nSPS) is 18.3. The third kappa shape index (κ3) is 4.21. The third-order valence-electron chi connectivity index (χ3n) is 4.12. The van der Waals surface area contributed by atoms with Crippen LogP contribution in [0, 0.1) is 0 Å². The molecule has 1 saturated heterocycles. The molecule has 8 heteroatoms. The first kappa shape index (κ1) is 19.1. The van der Waals surface area contributed by atoms with Gasteiger partial charge in [-0.2, -0.15) is 0 Å². The Morgan fingerprint density at radius 2 is 1.78 bits per heavy atom. The molecule has 0 bridgehead atoms. The number of rotatable bonds is 7. The molecule has 1 heterocycles. The summed E-state index contributed by atoms with van der Waals surface area (Å²) in [6.45, 7) is 2.13. The van der Waals surface area contributed by atoms with Crippen LogP contribution in [-0.2, 0) is 25.2 Å². The second-order valence-corrected chi connectivity index (χ2v) is 8.25. The maximum atomic E-state index is 13.3. The number of amides is 2. The smallest absolute Gasteiger partial charge is 0.408 e. The first-order valence-corrected chi connectivity index (χ1v) is 10.2. The number of carbonyl (C=O) groups is 2. The molecular formula is C19H21N2O5P. The zero-order chi connectivity index (χ0) is 19.3. The highest BCUT2D eigenvalue weighted by Crippen LogP contribution is 2.52. The summed E-state index contributed by atoms with van der Waals surface area (Å²) in [6.07, 6.45) is -0.692. The van der Waals surface area contributed by atoms with Crippen molar-refractivity contribution in [3.05, 3.63) is 66.2 Å². The third-order valence-corrected chi connectivity index (χ3v) is 6.67. The van der Waals surface area contributed by atoms with Crippen LogP contribution in [-0.4, -0.2) is 35.9 Å². The number of ether oxygens (including phenoxy) is 1. The summed E-state index contributed by atoms with van der Waals surface area (Å²) in [5.41, 5.74) is 0.846. The molecule has 0 aliphatic carbocycles. The standard InChI is InChI=1S/C19H21N2O5P/c1-2-26-27(24,16-11-7-4-8-12-16)21-13-17(18(21)22)20-19(23)25-14-15-9-5-3-6-10-15/h3-12,17H,2,13-14H2,1H3,(H,20,23)/t17-,27?/m0/s1. The number of hydrogen-bond donors (Lipinski definition) is 1. The molecule has 142 valence electrons. The number of hydrogen-bond acceptors (Lipinski definition) is 5. The molecule has 1 fully saturated rings. The van der Waals surface area contributed by atoms with Gasteiger partial charge in [-0.25, -0.2) is 4.79 Å². The first-order valence-electron chi connectivity index (χ1n) is 8.64. The van der Waals surface area contributed by atoms with Gasteiger partial charge in [0.1, 0.15) is 12.6 Å². The van der Waals surface area contributed by atoms with Gasteiger partial charge < -0.3 is 14.6 Å². The Kier molecular flexibility index (Phi) is 5.94. The molecule has 0 saturated carbocycles. The van der Waals surface area contributed by atoms with E-state index in [2.05, 4.69) is 5.32 Å².